The highest BCUT2D eigenvalue weighted by Crippen LogP contribution is 1.89. The lowest BCUT2D eigenvalue weighted by Crippen LogP contribution is -2.35. The fraction of sp³-hybridized carbons (Fsp3) is 0.667. The normalized spacial score (nSPS) is 11.5. The highest BCUT2D eigenvalue weighted by atomic mass is 16.5. The summed E-state index contributed by atoms with van der Waals surface area (Å²) in [6.07, 6.45) is 3.63. The standard InChI is InChI=1S/C9H18N4O/c1-11(2)12(3)7-8-14-9-13-6-4-5-10-13/h4-6H,7-9H2,1-3H3. The van der Waals surface area contributed by atoms with Crippen LogP contribution in [0.5, 0.6) is 0 Å². The van der Waals surface area contributed by atoms with Crippen LogP contribution in [0, 0.1) is 0 Å². The summed E-state index contributed by atoms with van der Waals surface area (Å²) >= 11 is 0. The number of hydrogen-bond donors (Lipinski definition) is 0. The van der Waals surface area contributed by atoms with E-state index < -0.39 is 0 Å². The zero-order chi connectivity index (χ0) is 10.4. The Morgan fingerprint density at radius 3 is 2.71 bits per heavy atom. The minimum absolute atomic E-state index is 0.522. The fourth-order valence-electron chi connectivity index (χ4n) is 0.932. The van der Waals surface area contributed by atoms with Gasteiger partial charge in [-0.05, 0) is 6.07 Å². The van der Waals surface area contributed by atoms with Crippen LogP contribution in [-0.2, 0) is 11.5 Å². The largest absolute Gasteiger partial charge is 0.358 e. The van der Waals surface area contributed by atoms with E-state index in [0.29, 0.717) is 13.3 Å². The van der Waals surface area contributed by atoms with Crippen molar-refractivity contribution in [1.82, 2.24) is 19.8 Å². The zero-order valence-corrected chi connectivity index (χ0v) is 9.05. The van der Waals surface area contributed by atoms with Crippen molar-refractivity contribution in [2.75, 3.05) is 34.3 Å². The van der Waals surface area contributed by atoms with Crippen molar-refractivity contribution in [1.29, 1.82) is 0 Å². The summed E-state index contributed by atoms with van der Waals surface area (Å²) in [5.74, 6) is 0. The van der Waals surface area contributed by atoms with Gasteiger partial charge in [-0.3, -0.25) is 0 Å². The quantitative estimate of drug-likeness (QED) is 0.485. The van der Waals surface area contributed by atoms with Crippen molar-refractivity contribution < 1.29 is 4.74 Å². The number of rotatable bonds is 6. The molecule has 0 aliphatic carbocycles. The number of hydrogen-bond acceptors (Lipinski definition) is 4. The highest BCUT2D eigenvalue weighted by Gasteiger charge is 1.99. The van der Waals surface area contributed by atoms with Gasteiger partial charge in [-0.25, -0.2) is 14.7 Å². The summed E-state index contributed by atoms with van der Waals surface area (Å²) in [4.78, 5) is 0. The molecule has 5 nitrogen and oxygen atoms in total. The van der Waals surface area contributed by atoms with Crippen molar-refractivity contribution >= 4 is 0 Å². The van der Waals surface area contributed by atoms with Crippen LogP contribution in [0.25, 0.3) is 0 Å². The van der Waals surface area contributed by atoms with Crippen molar-refractivity contribution in [3.63, 3.8) is 0 Å². The molecule has 1 aromatic heterocycles. The van der Waals surface area contributed by atoms with Crippen LogP contribution >= 0.6 is 0 Å². The molecule has 0 radical (unpaired) electrons. The third-order valence-electron chi connectivity index (χ3n) is 2.02. The molecule has 0 saturated heterocycles. The van der Waals surface area contributed by atoms with Crippen LogP contribution in [0.1, 0.15) is 0 Å². The predicted molar refractivity (Wildman–Crippen MR) is 54.5 cm³/mol. The maximum absolute atomic E-state index is 5.43. The van der Waals surface area contributed by atoms with E-state index in [1.807, 2.05) is 38.4 Å². The number of ether oxygens (including phenoxy) is 1. The number of aromatic nitrogens is 2. The van der Waals surface area contributed by atoms with E-state index in [0.717, 1.165) is 6.54 Å². The molecular formula is C9H18N4O. The monoisotopic (exact) mass is 198 g/mol. The van der Waals surface area contributed by atoms with Gasteiger partial charge in [-0.1, -0.05) is 0 Å². The van der Waals surface area contributed by atoms with Crippen LogP contribution in [0.3, 0.4) is 0 Å². The SMILES string of the molecule is CN(C)N(C)CCOCn1cccn1. The lowest BCUT2D eigenvalue weighted by atomic mass is 10.6. The summed E-state index contributed by atoms with van der Waals surface area (Å²) in [5.41, 5.74) is 0. The van der Waals surface area contributed by atoms with Crippen molar-refractivity contribution in [2.24, 2.45) is 0 Å². The van der Waals surface area contributed by atoms with Crippen LogP contribution in [-0.4, -0.2) is 54.1 Å². The van der Waals surface area contributed by atoms with Gasteiger partial charge in [-0.15, -0.1) is 0 Å². The molecule has 0 aliphatic rings. The summed E-state index contributed by atoms with van der Waals surface area (Å²) in [5, 5.41) is 8.15. The van der Waals surface area contributed by atoms with Crippen LogP contribution in [0.4, 0.5) is 0 Å². The molecule has 14 heavy (non-hydrogen) atoms. The predicted octanol–water partition coefficient (Wildman–Crippen LogP) is 0.266. The molecule has 0 atom stereocenters. The smallest absolute Gasteiger partial charge is 0.139 e. The highest BCUT2D eigenvalue weighted by molar-refractivity contribution is 4.76. The van der Waals surface area contributed by atoms with Gasteiger partial charge in [0.15, 0.2) is 0 Å². The minimum Gasteiger partial charge on any atom is -0.358 e. The van der Waals surface area contributed by atoms with Gasteiger partial charge in [0.05, 0.1) is 6.61 Å². The average molecular weight is 198 g/mol. The Labute approximate surface area is 84.8 Å². The topological polar surface area (TPSA) is 33.5 Å². The minimum atomic E-state index is 0.522. The van der Waals surface area contributed by atoms with Crippen LogP contribution in [0.2, 0.25) is 0 Å². The molecule has 0 saturated carbocycles. The molecule has 5 heteroatoms. The zero-order valence-electron chi connectivity index (χ0n) is 9.05. The van der Waals surface area contributed by atoms with Gasteiger partial charge >= 0.3 is 0 Å². The van der Waals surface area contributed by atoms with Gasteiger partial charge < -0.3 is 4.74 Å². The van der Waals surface area contributed by atoms with E-state index in [2.05, 4.69) is 10.1 Å². The molecule has 1 heterocycles. The fourth-order valence-corrected chi connectivity index (χ4v) is 0.932. The Morgan fingerprint density at radius 2 is 2.14 bits per heavy atom. The van der Waals surface area contributed by atoms with E-state index in [1.54, 1.807) is 10.9 Å². The Kier molecular flexibility index (Phi) is 4.58. The molecular weight excluding hydrogens is 180 g/mol. The molecule has 1 aromatic rings. The van der Waals surface area contributed by atoms with E-state index >= 15 is 0 Å². The maximum Gasteiger partial charge on any atom is 0.139 e. The molecule has 0 amide bonds. The summed E-state index contributed by atoms with van der Waals surface area (Å²) < 4.78 is 7.19. The molecule has 0 fully saturated rings. The molecule has 0 N–H and O–H groups in total. The second-order valence-corrected chi connectivity index (χ2v) is 3.31. The van der Waals surface area contributed by atoms with Gasteiger partial charge in [0, 0.05) is 40.1 Å². The van der Waals surface area contributed by atoms with Crippen molar-refractivity contribution in [3.05, 3.63) is 18.5 Å². The first-order valence-electron chi connectivity index (χ1n) is 4.63. The van der Waals surface area contributed by atoms with Crippen LogP contribution in [0.15, 0.2) is 18.5 Å². The van der Waals surface area contributed by atoms with Gasteiger partial charge in [0.2, 0.25) is 0 Å². The maximum atomic E-state index is 5.43. The summed E-state index contributed by atoms with van der Waals surface area (Å²) in [6, 6.07) is 1.88. The third kappa shape index (κ3) is 3.87. The first-order chi connectivity index (χ1) is 6.70. The van der Waals surface area contributed by atoms with Gasteiger partial charge in [0.1, 0.15) is 6.73 Å². The first kappa shape index (κ1) is 11.2. The second-order valence-electron chi connectivity index (χ2n) is 3.31. The third-order valence-corrected chi connectivity index (χ3v) is 2.02. The Bertz CT molecular complexity index is 235. The van der Waals surface area contributed by atoms with E-state index in [1.165, 1.54) is 0 Å². The van der Waals surface area contributed by atoms with Crippen LogP contribution < -0.4 is 0 Å². The number of likely N-dealkylation sites (N-methyl/N-ethyl adjacent to an activating group) is 1. The lowest BCUT2D eigenvalue weighted by molar-refractivity contribution is -0.00136. The number of nitrogens with zero attached hydrogens (tertiary/aromatic N) is 4. The van der Waals surface area contributed by atoms with E-state index in [-0.39, 0.29) is 0 Å². The molecule has 80 valence electrons. The molecule has 0 unspecified atom stereocenters. The Hall–Kier alpha value is -0.910. The molecule has 0 aliphatic heterocycles. The van der Waals surface area contributed by atoms with Gasteiger partial charge in [0.25, 0.3) is 0 Å². The van der Waals surface area contributed by atoms with E-state index in [4.69, 9.17) is 4.74 Å². The lowest BCUT2D eigenvalue weighted by Gasteiger charge is -2.23. The van der Waals surface area contributed by atoms with E-state index in [9.17, 15) is 0 Å². The summed E-state index contributed by atoms with van der Waals surface area (Å²) in [6.45, 7) is 2.11. The van der Waals surface area contributed by atoms with Crippen molar-refractivity contribution in [2.45, 2.75) is 6.73 Å². The first-order valence-corrected chi connectivity index (χ1v) is 4.63. The Balaban J connectivity index is 2.05. The molecule has 0 bridgehead atoms. The van der Waals surface area contributed by atoms with Gasteiger partial charge in [-0.2, -0.15) is 5.10 Å². The molecule has 0 spiro atoms. The Morgan fingerprint density at radius 1 is 1.36 bits per heavy atom. The number of hydrazine groups is 1. The molecule has 1 rings (SSSR count). The average Bonchev–Trinajstić information content (AvgIpc) is 2.64. The van der Waals surface area contributed by atoms with Crippen molar-refractivity contribution in [3.8, 4) is 0 Å². The second kappa shape index (κ2) is 5.74. The molecule has 0 aromatic carbocycles. The summed E-state index contributed by atoms with van der Waals surface area (Å²) in [7, 11) is 6.04.